The fraction of sp³-hybridized carbons (Fsp3) is 0.176. The lowest BCUT2D eigenvalue weighted by atomic mass is 9.83. The number of fused-ring (bicyclic) bond motifs is 1. The Bertz CT molecular complexity index is 940. The van der Waals surface area contributed by atoms with Crippen LogP contribution in [0.5, 0.6) is 0 Å². The summed E-state index contributed by atoms with van der Waals surface area (Å²) in [5, 5.41) is 13.0. The topological polar surface area (TPSA) is 83.0 Å². The molecule has 2 N–H and O–H groups in total. The van der Waals surface area contributed by atoms with Crippen molar-refractivity contribution in [2.75, 3.05) is 0 Å². The van der Waals surface area contributed by atoms with Gasteiger partial charge in [-0.05, 0) is 43.7 Å². The molecule has 3 heterocycles. The second-order valence-corrected chi connectivity index (χ2v) is 6.14. The Hall–Kier alpha value is -3.02. The highest BCUT2D eigenvalue weighted by Gasteiger charge is 2.39. The van der Waals surface area contributed by atoms with Crippen LogP contribution in [0, 0.1) is 5.41 Å². The van der Waals surface area contributed by atoms with Gasteiger partial charge < -0.3 is 4.98 Å². The van der Waals surface area contributed by atoms with Crippen molar-refractivity contribution in [2.24, 2.45) is 10.5 Å². The Kier molecular flexibility index (Phi) is 2.81. The molecule has 6 nitrogen and oxygen atoms in total. The third kappa shape index (κ3) is 2.11. The molecule has 1 aliphatic rings. The number of hydrazone groups is 1. The van der Waals surface area contributed by atoms with Gasteiger partial charge in [-0.1, -0.05) is 6.07 Å². The minimum atomic E-state index is -0.623. The van der Waals surface area contributed by atoms with E-state index in [-0.39, 0.29) is 5.91 Å². The van der Waals surface area contributed by atoms with Gasteiger partial charge in [0.1, 0.15) is 0 Å². The summed E-state index contributed by atoms with van der Waals surface area (Å²) in [4.78, 5) is 15.3. The summed E-state index contributed by atoms with van der Waals surface area (Å²) in [5.41, 5.74) is 6.63. The minimum absolute atomic E-state index is 0.0785. The molecule has 1 aromatic carbocycles. The van der Waals surface area contributed by atoms with Gasteiger partial charge in [-0.2, -0.15) is 15.3 Å². The smallest absolute Gasteiger partial charge is 0.251 e. The zero-order valence-corrected chi connectivity index (χ0v) is 12.8. The van der Waals surface area contributed by atoms with Crippen LogP contribution in [0.4, 0.5) is 0 Å². The molecule has 0 atom stereocenters. The molecule has 0 fully saturated rings. The molecule has 1 amide bonds. The molecule has 6 heteroatoms. The van der Waals surface area contributed by atoms with Gasteiger partial charge in [0.15, 0.2) is 0 Å². The van der Waals surface area contributed by atoms with Crippen molar-refractivity contribution in [1.82, 2.24) is 20.6 Å². The third-order valence-electron chi connectivity index (χ3n) is 4.22. The molecule has 1 aliphatic heterocycles. The van der Waals surface area contributed by atoms with Crippen LogP contribution in [0.2, 0.25) is 0 Å². The van der Waals surface area contributed by atoms with Gasteiger partial charge in [0.2, 0.25) is 0 Å². The van der Waals surface area contributed by atoms with Gasteiger partial charge in [-0.25, -0.2) is 5.43 Å². The molecule has 2 aromatic heterocycles. The average molecular weight is 305 g/mol. The summed E-state index contributed by atoms with van der Waals surface area (Å²) in [6.45, 7) is 3.76. The molecule has 0 spiro atoms. The first-order valence-electron chi connectivity index (χ1n) is 7.34. The Morgan fingerprint density at radius 2 is 1.91 bits per heavy atom. The Morgan fingerprint density at radius 1 is 1.04 bits per heavy atom. The molecule has 0 saturated carbocycles. The van der Waals surface area contributed by atoms with Crippen molar-refractivity contribution in [3.63, 3.8) is 0 Å². The van der Waals surface area contributed by atoms with Crippen LogP contribution in [-0.4, -0.2) is 26.8 Å². The normalized spacial score (nSPS) is 16.4. The predicted octanol–water partition coefficient (Wildman–Crippen LogP) is 2.49. The average Bonchev–Trinajstić information content (AvgIpc) is 3.09. The fourth-order valence-electron chi connectivity index (χ4n) is 2.80. The largest absolute Gasteiger partial charge is 0.354 e. The lowest BCUT2D eigenvalue weighted by Crippen LogP contribution is -2.32. The van der Waals surface area contributed by atoms with E-state index in [1.165, 1.54) is 0 Å². The SMILES string of the molecule is CC1(C)C(=O)NN=C1c1ccc2[nH]c(-c3ccnnc3)cc2c1. The van der Waals surface area contributed by atoms with Crippen molar-refractivity contribution in [3.8, 4) is 11.3 Å². The fourth-order valence-corrected chi connectivity index (χ4v) is 2.80. The quantitative estimate of drug-likeness (QED) is 0.763. The van der Waals surface area contributed by atoms with E-state index in [0.29, 0.717) is 0 Å². The van der Waals surface area contributed by atoms with Crippen LogP contribution < -0.4 is 5.43 Å². The lowest BCUT2D eigenvalue weighted by Gasteiger charge is -2.16. The number of benzene rings is 1. The van der Waals surface area contributed by atoms with Crippen molar-refractivity contribution < 1.29 is 4.79 Å². The molecule has 0 aliphatic carbocycles. The van der Waals surface area contributed by atoms with E-state index in [1.807, 2.05) is 38.1 Å². The van der Waals surface area contributed by atoms with Crippen LogP contribution in [0.25, 0.3) is 22.2 Å². The van der Waals surface area contributed by atoms with Crippen molar-refractivity contribution in [1.29, 1.82) is 0 Å². The maximum absolute atomic E-state index is 11.9. The molecule has 4 rings (SSSR count). The molecule has 23 heavy (non-hydrogen) atoms. The van der Waals surface area contributed by atoms with Gasteiger partial charge in [0.05, 0.1) is 23.5 Å². The third-order valence-corrected chi connectivity index (χ3v) is 4.22. The maximum Gasteiger partial charge on any atom is 0.251 e. The highest BCUT2D eigenvalue weighted by atomic mass is 16.2. The number of hydrogen-bond donors (Lipinski definition) is 2. The molecule has 0 unspecified atom stereocenters. The number of aromatic amines is 1. The highest BCUT2D eigenvalue weighted by molar-refractivity contribution is 6.19. The highest BCUT2D eigenvalue weighted by Crippen LogP contribution is 2.30. The van der Waals surface area contributed by atoms with Gasteiger partial charge in [-0.15, -0.1) is 0 Å². The van der Waals surface area contributed by atoms with Crippen LogP contribution in [-0.2, 0) is 4.79 Å². The number of hydrogen-bond acceptors (Lipinski definition) is 4. The van der Waals surface area contributed by atoms with Gasteiger partial charge in [0, 0.05) is 22.2 Å². The molecule has 0 bridgehead atoms. The number of rotatable bonds is 2. The number of H-pyrrole nitrogens is 1. The molecule has 3 aromatic rings. The van der Waals surface area contributed by atoms with Crippen LogP contribution in [0.15, 0.2) is 47.8 Å². The van der Waals surface area contributed by atoms with Gasteiger partial charge in [-0.3, -0.25) is 4.79 Å². The van der Waals surface area contributed by atoms with Crippen molar-refractivity contribution in [2.45, 2.75) is 13.8 Å². The number of carbonyl (C=O) groups is 1. The molecular weight excluding hydrogens is 290 g/mol. The van der Waals surface area contributed by atoms with Gasteiger partial charge in [0.25, 0.3) is 5.91 Å². The number of carbonyl (C=O) groups excluding carboxylic acids is 1. The molecule has 0 saturated heterocycles. The molecule has 0 radical (unpaired) electrons. The number of aromatic nitrogens is 3. The van der Waals surface area contributed by atoms with Crippen molar-refractivity contribution in [3.05, 3.63) is 48.3 Å². The standard InChI is InChI=1S/C17H15N5O/c1-17(2)15(21-22-16(17)23)10-3-4-13-12(7-10)8-14(20-13)11-5-6-18-19-9-11/h3-9,20H,1-2H3,(H,22,23). The van der Waals surface area contributed by atoms with E-state index in [0.717, 1.165) is 33.4 Å². The van der Waals surface area contributed by atoms with E-state index in [4.69, 9.17) is 0 Å². The number of amides is 1. The molecule has 114 valence electrons. The minimum Gasteiger partial charge on any atom is -0.354 e. The summed E-state index contributed by atoms with van der Waals surface area (Å²) in [5.74, 6) is -0.0785. The van der Waals surface area contributed by atoms with Crippen LogP contribution >= 0.6 is 0 Å². The Labute approximate surface area is 132 Å². The first-order chi connectivity index (χ1) is 11.1. The van der Waals surface area contributed by atoms with E-state index in [9.17, 15) is 4.79 Å². The zero-order valence-electron chi connectivity index (χ0n) is 12.8. The maximum atomic E-state index is 11.9. The van der Waals surface area contributed by atoms with E-state index in [1.54, 1.807) is 12.4 Å². The second-order valence-electron chi connectivity index (χ2n) is 6.14. The monoisotopic (exact) mass is 305 g/mol. The predicted molar refractivity (Wildman–Crippen MR) is 87.8 cm³/mol. The van der Waals surface area contributed by atoms with E-state index < -0.39 is 5.41 Å². The summed E-state index contributed by atoms with van der Waals surface area (Å²) >= 11 is 0. The van der Waals surface area contributed by atoms with E-state index >= 15 is 0 Å². The van der Waals surface area contributed by atoms with Crippen molar-refractivity contribution >= 4 is 22.5 Å². The molecular formula is C17H15N5O. The number of nitrogens with zero attached hydrogens (tertiary/aromatic N) is 3. The summed E-state index contributed by atoms with van der Waals surface area (Å²) < 4.78 is 0. The Morgan fingerprint density at radius 3 is 2.61 bits per heavy atom. The first-order valence-corrected chi connectivity index (χ1v) is 7.34. The Balaban J connectivity index is 1.79. The second kappa shape index (κ2) is 4.74. The van der Waals surface area contributed by atoms with E-state index in [2.05, 4.69) is 31.8 Å². The summed E-state index contributed by atoms with van der Waals surface area (Å²) in [6, 6.07) is 10.0. The van der Waals surface area contributed by atoms with Crippen LogP contribution in [0.1, 0.15) is 19.4 Å². The summed E-state index contributed by atoms with van der Waals surface area (Å²) in [7, 11) is 0. The lowest BCUT2D eigenvalue weighted by molar-refractivity contribution is -0.125. The number of nitrogens with one attached hydrogen (secondary N) is 2. The van der Waals surface area contributed by atoms with Gasteiger partial charge >= 0.3 is 0 Å². The van der Waals surface area contributed by atoms with Crippen LogP contribution in [0.3, 0.4) is 0 Å². The first kappa shape index (κ1) is 13.6. The summed E-state index contributed by atoms with van der Waals surface area (Å²) in [6.07, 6.45) is 3.39. The zero-order chi connectivity index (χ0) is 16.0.